The average Bonchev–Trinajstić information content (AvgIpc) is 3.08. The van der Waals surface area contributed by atoms with E-state index in [0.29, 0.717) is 17.9 Å². The molecule has 4 rings (SSSR count). The van der Waals surface area contributed by atoms with Crippen molar-refractivity contribution in [3.63, 3.8) is 0 Å². The second-order valence-electron chi connectivity index (χ2n) is 7.57. The van der Waals surface area contributed by atoms with Crippen LogP contribution in [0.3, 0.4) is 0 Å². The molecule has 0 atom stereocenters. The molecule has 0 bridgehead atoms. The van der Waals surface area contributed by atoms with E-state index in [1.165, 1.54) is 13.1 Å². The van der Waals surface area contributed by atoms with Crippen LogP contribution in [0.2, 0.25) is 0 Å². The number of aryl methyl sites for hydroxylation is 1. The summed E-state index contributed by atoms with van der Waals surface area (Å²) in [7, 11) is -1.96. The summed E-state index contributed by atoms with van der Waals surface area (Å²) in [4.78, 5) is 8.86. The number of sulfonamides is 1. The van der Waals surface area contributed by atoms with E-state index in [1.54, 1.807) is 36.5 Å². The number of hydrogen-bond donors (Lipinski definition) is 0. The van der Waals surface area contributed by atoms with Crippen molar-refractivity contribution in [1.29, 1.82) is 0 Å². The fourth-order valence-corrected chi connectivity index (χ4v) is 4.00. The fraction of sp³-hybridized carbons (Fsp3) is 0.217. The Morgan fingerprint density at radius 2 is 1.82 bits per heavy atom. The van der Waals surface area contributed by atoms with E-state index < -0.39 is 16.6 Å². The number of imidazole rings is 1. The van der Waals surface area contributed by atoms with Gasteiger partial charge >= 0.3 is 6.61 Å². The number of ether oxygens (including phenoxy) is 1. The van der Waals surface area contributed by atoms with Crippen LogP contribution in [0, 0.1) is 6.92 Å². The minimum Gasteiger partial charge on any atom is -0.434 e. The van der Waals surface area contributed by atoms with Crippen molar-refractivity contribution in [1.82, 2.24) is 14.5 Å². The molecule has 10 heteroatoms. The number of benzene rings is 2. The lowest BCUT2D eigenvalue weighted by atomic mass is 10.1. The van der Waals surface area contributed by atoms with Gasteiger partial charge in [0.15, 0.2) is 0 Å². The van der Waals surface area contributed by atoms with Crippen molar-refractivity contribution >= 4 is 26.9 Å². The van der Waals surface area contributed by atoms with Gasteiger partial charge < -0.3 is 9.30 Å². The Hall–Kier alpha value is -3.53. The van der Waals surface area contributed by atoms with Crippen LogP contribution in [0.5, 0.6) is 5.75 Å². The van der Waals surface area contributed by atoms with Crippen LogP contribution in [0.4, 0.5) is 14.6 Å². The zero-order chi connectivity index (χ0) is 23.8. The van der Waals surface area contributed by atoms with E-state index in [0.717, 1.165) is 38.5 Å². The molecule has 2 aromatic heterocycles. The van der Waals surface area contributed by atoms with Gasteiger partial charge in [-0.2, -0.15) is 8.78 Å². The maximum absolute atomic E-state index is 12.8. The lowest BCUT2D eigenvalue weighted by Crippen LogP contribution is -2.25. The predicted octanol–water partition coefficient (Wildman–Crippen LogP) is 4.45. The summed E-state index contributed by atoms with van der Waals surface area (Å²) in [5, 5.41) is 0. The van der Waals surface area contributed by atoms with E-state index >= 15 is 0 Å². The third kappa shape index (κ3) is 4.80. The highest BCUT2D eigenvalue weighted by molar-refractivity contribution is 7.92. The number of halogens is 2. The first-order valence-electron chi connectivity index (χ1n) is 10.0. The van der Waals surface area contributed by atoms with Gasteiger partial charge in [0.1, 0.15) is 17.4 Å². The van der Waals surface area contributed by atoms with E-state index in [9.17, 15) is 17.2 Å². The summed E-state index contributed by atoms with van der Waals surface area (Å²) in [6, 6.07) is 15.9. The van der Waals surface area contributed by atoms with Gasteiger partial charge in [0.05, 0.1) is 23.8 Å². The molecule has 0 spiro atoms. The predicted molar refractivity (Wildman–Crippen MR) is 123 cm³/mol. The Morgan fingerprint density at radius 3 is 2.48 bits per heavy atom. The molecule has 0 saturated carbocycles. The molecule has 7 nitrogen and oxygen atoms in total. The maximum atomic E-state index is 12.8. The quantitative estimate of drug-likeness (QED) is 0.397. The van der Waals surface area contributed by atoms with Gasteiger partial charge in [-0.25, -0.2) is 18.4 Å². The number of aromatic nitrogens is 3. The van der Waals surface area contributed by atoms with Gasteiger partial charge in [0.25, 0.3) is 0 Å². The molecule has 172 valence electrons. The normalized spacial score (nSPS) is 11.8. The zero-order valence-electron chi connectivity index (χ0n) is 18.2. The summed E-state index contributed by atoms with van der Waals surface area (Å²) in [5.74, 6) is 1.18. The lowest BCUT2D eigenvalue weighted by Gasteiger charge is -2.15. The summed E-state index contributed by atoms with van der Waals surface area (Å²) >= 11 is 0. The minimum absolute atomic E-state index is 0.125. The maximum Gasteiger partial charge on any atom is 0.387 e. The number of anilines is 1. The van der Waals surface area contributed by atoms with Crippen LogP contribution in [0.1, 0.15) is 11.4 Å². The highest BCUT2D eigenvalue weighted by Crippen LogP contribution is 2.28. The molecular formula is C23H22F2N4O3S. The van der Waals surface area contributed by atoms with Crippen molar-refractivity contribution < 1.29 is 21.9 Å². The van der Waals surface area contributed by atoms with Crippen molar-refractivity contribution in [2.45, 2.75) is 20.1 Å². The van der Waals surface area contributed by atoms with Crippen molar-refractivity contribution in [2.75, 3.05) is 17.6 Å². The number of fused-ring (bicyclic) bond motifs is 1. The molecule has 0 N–H and O–H groups in total. The summed E-state index contributed by atoms with van der Waals surface area (Å²) in [6.07, 6.45) is 2.72. The topological polar surface area (TPSA) is 77.3 Å². The average molecular weight is 473 g/mol. The first-order chi connectivity index (χ1) is 15.6. The lowest BCUT2D eigenvalue weighted by molar-refractivity contribution is -0.0504. The molecule has 2 aromatic carbocycles. The Labute approximate surface area is 190 Å². The van der Waals surface area contributed by atoms with E-state index in [1.807, 2.05) is 29.7 Å². The van der Waals surface area contributed by atoms with E-state index in [2.05, 4.69) is 14.7 Å². The third-order valence-corrected chi connectivity index (χ3v) is 6.54. The van der Waals surface area contributed by atoms with Crippen LogP contribution < -0.4 is 9.04 Å². The zero-order valence-corrected chi connectivity index (χ0v) is 19.1. The Morgan fingerprint density at radius 1 is 1.09 bits per heavy atom. The molecule has 0 radical (unpaired) electrons. The molecule has 4 aromatic rings. The van der Waals surface area contributed by atoms with Crippen molar-refractivity contribution in [3.8, 4) is 16.9 Å². The molecule has 2 heterocycles. The Bertz CT molecular complexity index is 1400. The molecular weight excluding hydrogens is 450 g/mol. The summed E-state index contributed by atoms with van der Waals surface area (Å²) in [6.45, 7) is -0.742. The third-order valence-electron chi connectivity index (χ3n) is 5.36. The molecule has 0 aliphatic carbocycles. The smallest absolute Gasteiger partial charge is 0.387 e. The van der Waals surface area contributed by atoms with Crippen LogP contribution >= 0.6 is 0 Å². The molecule has 0 aliphatic rings. The monoisotopic (exact) mass is 472 g/mol. The first kappa shape index (κ1) is 22.7. The minimum atomic E-state index is -3.40. The van der Waals surface area contributed by atoms with Crippen LogP contribution in [-0.4, -0.2) is 42.9 Å². The number of rotatable bonds is 7. The molecule has 0 amide bonds. The summed E-state index contributed by atoms with van der Waals surface area (Å²) in [5.41, 5.74) is 3.87. The van der Waals surface area contributed by atoms with E-state index in [4.69, 9.17) is 0 Å². The van der Waals surface area contributed by atoms with Gasteiger partial charge in [-0.3, -0.25) is 4.31 Å². The van der Waals surface area contributed by atoms with Gasteiger partial charge in [0.2, 0.25) is 10.0 Å². The van der Waals surface area contributed by atoms with Crippen molar-refractivity contribution in [3.05, 3.63) is 72.2 Å². The van der Waals surface area contributed by atoms with E-state index in [-0.39, 0.29) is 5.75 Å². The molecule has 0 unspecified atom stereocenters. The van der Waals surface area contributed by atoms with Crippen molar-refractivity contribution in [2.24, 2.45) is 0 Å². The number of pyridine rings is 1. The van der Waals surface area contributed by atoms with Crippen LogP contribution in [-0.2, 0) is 16.6 Å². The second kappa shape index (κ2) is 8.78. The van der Waals surface area contributed by atoms with Crippen LogP contribution in [0.15, 0.2) is 60.8 Å². The number of para-hydroxylation sites is 1. The first-order valence-corrected chi connectivity index (χ1v) is 11.9. The highest BCUT2D eigenvalue weighted by Gasteiger charge is 2.15. The van der Waals surface area contributed by atoms with Gasteiger partial charge in [-0.15, -0.1) is 0 Å². The molecule has 0 saturated heterocycles. The van der Waals surface area contributed by atoms with Gasteiger partial charge in [0, 0.05) is 24.4 Å². The highest BCUT2D eigenvalue weighted by atomic mass is 32.2. The largest absolute Gasteiger partial charge is 0.434 e. The van der Waals surface area contributed by atoms with Gasteiger partial charge in [-0.1, -0.05) is 24.3 Å². The van der Waals surface area contributed by atoms with Gasteiger partial charge in [-0.05, 0) is 42.8 Å². The second-order valence-corrected chi connectivity index (χ2v) is 9.58. The number of alkyl halides is 2. The summed E-state index contributed by atoms with van der Waals surface area (Å²) < 4.78 is 56.8. The molecule has 0 fully saturated rings. The Balaban J connectivity index is 1.70. The SMILES string of the molecule is Cc1nc2ccc(-c3ccc(N(C)S(C)(=O)=O)nc3)cc2n1Cc1ccccc1OC(F)F. The molecule has 33 heavy (non-hydrogen) atoms. The molecule has 0 aliphatic heterocycles. The standard InChI is InChI=1S/C23H22F2N4O3S/c1-15-27-19-10-8-16(17-9-11-22(26-13-17)28(2)33(3,30)31)12-20(19)29(15)14-18-6-4-5-7-21(18)32-23(24)25/h4-13,23H,14H2,1-3H3. The number of hydrogen-bond acceptors (Lipinski definition) is 5. The Kier molecular flexibility index (Phi) is 6.03. The fourth-order valence-electron chi connectivity index (χ4n) is 3.55. The van der Waals surface area contributed by atoms with Crippen LogP contribution in [0.25, 0.3) is 22.2 Å². The number of nitrogens with zero attached hydrogens (tertiary/aromatic N) is 4.